The van der Waals surface area contributed by atoms with E-state index in [1.54, 1.807) is 22.7 Å². The number of allylic oxidation sites excluding steroid dienone is 1. The molecule has 5 rings (SSSR count). The molecule has 0 saturated carbocycles. The van der Waals surface area contributed by atoms with E-state index in [-0.39, 0.29) is 18.0 Å². The van der Waals surface area contributed by atoms with Gasteiger partial charge in [0.25, 0.3) is 5.56 Å². The number of fused-ring (bicyclic) bond motifs is 1. The fourth-order valence-corrected chi connectivity index (χ4v) is 4.59. The summed E-state index contributed by atoms with van der Waals surface area (Å²) in [7, 11) is 3.87. The number of rotatable bonds is 8. The number of nitrogens with one attached hydrogen (secondary N) is 1. The zero-order valence-corrected chi connectivity index (χ0v) is 22.5. The molecule has 0 radical (unpaired) electrons. The molecule has 39 heavy (non-hydrogen) atoms. The van der Waals surface area contributed by atoms with E-state index < -0.39 is 0 Å². The number of amides is 1. The van der Waals surface area contributed by atoms with Gasteiger partial charge in [-0.25, -0.2) is 19.3 Å². The summed E-state index contributed by atoms with van der Waals surface area (Å²) in [5.74, 6) is 0.823. The van der Waals surface area contributed by atoms with Gasteiger partial charge in [-0.05, 0) is 43.4 Å². The molecule has 4 heterocycles. The van der Waals surface area contributed by atoms with Gasteiger partial charge in [0.05, 0.1) is 18.8 Å². The Morgan fingerprint density at radius 2 is 1.85 bits per heavy atom. The molecule has 11 heteroatoms. The van der Waals surface area contributed by atoms with Crippen LogP contribution in [0.5, 0.6) is 0 Å². The molecule has 1 amide bonds. The van der Waals surface area contributed by atoms with Crippen molar-refractivity contribution in [2.45, 2.75) is 20.0 Å². The van der Waals surface area contributed by atoms with Gasteiger partial charge in [-0.2, -0.15) is 4.98 Å². The van der Waals surface area contributed by atoms with Gasteiger partial charge < -0.3 is 20.0 Å². The monoisotopic (exact) mass is 527 g/mol. The summed E-state index contributed by atoms with van der Waals surface area (Å²) in [5.41, 5.74) is 2.91. The highest BCUT2D eigenvalue weighted by molar-refractivity contribution is 5.77. The Morgan fingerprint density at radius 3 is 2.54 bits per heavy atom. The minimum absolute atomic E-state index is 0.0581. The van der Waals surface area contributed by atoms with Gasteiger partial charge >= 0.3 is 0 Å². The van der Waals surface area contributed by atoms with Crippen LogP contribution in [0.15, 0.2) is 66.1 Å². The van der Waals surface area contributed by atoms with Crippen LogP contribution in [0.1, 0.15) is 12.6 Å². The molecule has 0 unspecified atom stereocenters. The molecule has 11 nitrogen and oxygen atoms in total. The first-order valence-corrected chi connectivity index (χ1v) is 12.9. The van der Waals surface area contributed by atoms with Crippen LogP contribution in [0.25, 0.3) is 16.9 Å². The van der Waals surface area contributed by atoms with Crippen molar-refractivity contribution in [2.24, 2.45) is 0 Å². The molecule has 0 atom stereocenters. The zero-order valence-electron chi connectivity index (χ0n) is 22.5. The fraction of sp³-hybridized carbons (Fsp3) is 0.321. The van der Waals surface area contributed by atoms with E-state index in [0.29, 0.717) is 35.0 Å². The molecule has 1 N–H and O–H groups in total. The lowest BCUT2D eigenvalue weighted by atomic mass is 10.2. The van der Waals surface area contributed by atoms with Crippen LogP contribution in [0.2, 0.25) is 0 Å². The summed E-state index contributed by atoms with van der Waals surface area (Å²) in [6, 6.07) is 13.7. The van der Waals surface area contributed by atoms with Crippen molar-refractivity contribution in [1.29, 1.82) is 0 Å². The van der Waals surface area contributed by atoms with Gasteiger partial charge in [-0.3, -0.25) is 9.59 Å². The molecule has 1 aliphatic heterocycles. The normalized spacial score (nSPS) is 14.0. The number of nitrogens with zero attached hydrogens (tertiary/aromatic N) is 8. The van der Waals surface area contributed by atoms with Crippen molar-refractivity contribution in [3.63, 3.8) is 0 Å². The Kier molecular flexibility index (Phi) is 7.42. The first kappa shape index (κ1) is 26.1. The second kappa shape index (κ2) is 11.1. The van der Waals surface area contributed by atoms with E-state index in [9.17, 15) is 9.59 Å². The van der Waals surface area contributed by atoms with E-state index >= 15 is 0 Å². The zero-order chi connectivity index (χ0) is 27.5. The van der Waals surface area contributed by atoms with Gasteiger partial charge in [-0.15, -0.1) is 6.58 Å². The molecule has 4 aromatic rings. The van der Waals surface area contributed by atoms with Gasteiger partial charge in [-0.1, -0.05) is 12.1 Å². The van der Waals surface area contributed by atoms with Crippen LogP contribution in [0.4, 0.5) is 17.3 Å². The van der Waals surface area contributed by atoms with Crippen LogP contribution in [-0.2, 0) is 17.9 Å². The van der Waals surface area contributed by atoms with Crippen molar-refractivity contribution >= 4 is 34.3 Å². The number of likely N-dealkylation sites (N-methyl/N-ethyl adjacent to an activating group) is 1. The smallest absolute Gasteiger partial charge is 0.278 e. The molecule has 1 saturated heterocycles. The summed E-state index contributed by atoms with van der Waals surface area (Å²) in [6.07, 6.45) is 3.19. The Labute approximate surface area is 227 Å². The lowest BCUT2D eigenvalue weighted by Crippen LogP contribution is -2.44. The Hall–Kier alpha value is -4.51. The Bertz CT molecular complexity index is 1550. The summed E-state index contributed by atoms with van der Waals surface area (Å²) < 4.78 is 3.21. The molecular formula is C28H33N9O2. The van der Waals surface area contributed by atoms with E-state index in [4.69, 9.17) is 9.97 Å². The van der Waals surface area contributed by atoms with E-state index in [2.05, 4.69) is 45.9 Å². The number of hydrogen-bond acceptors (Lipinski definition) is 8. The van der Waals surface area contributed by atoms with Crippen LogP contribution < -0.4 is 15.8 Å². The maximum Gasteiger partial charge on any atom is 0.278 e. The summed E-state index contributed by atoms with van der Waals surface area (Å²) in [6.45, 7) is 10.0. The van der Waals surface area contributed by atoms with Gasteiger partial charge in [0.1, 0.15) is 5.39 Å². The highest BCUT2D eigenvalue weighted by atomic mass is 16.2. The number of hydrogen-bond donors (Lipinski definition) is 1. The predicted octanol–water partition coefficient (Wildman–Crippen LogP) is 2.64. The average Bonchev–Trinajstić information content (AvgIpc) is 3.20. The van der Waals surface area contributed by atoms with Crippen molar-refractivity contribution in [3.8, 4) is 5.82 Å². The highest BCUT2D eigenvalue weighted by Gasteiger charge is 2.19. The highest BCUT2D eigenvalue weighted by Crippen LogP contribution is 2.22. The molecule has 0 spiro atoms. The molecular weight excluding hydrogens is 494 g/mol. The van der Waals surface area contributed by atoms with Crippen molar-refractivity contribution in [3.05, 3.63) is 77.4 Å². The first-order chi connectivity index (χ1) is 18.8. The lowest BCUT2D eigenvalue weighted by molar-refractivity contribution is -0.128. The van der Waals surface area contributed by atoms with Gasteiger partial charge in [0.2, 0.25) is 11.9 Å². The van der Waals surface area contributed by atoms with E-state index in [1.807, 2.05) is 30.3 Å². The van der Waals surface area contributed by atoms with Crippen molar-refractivity contribution in [2.75, 3.05) is 50.5 Å². The topological polar surface area (TPSA) is 104 Å². The minimum Gasteiger partial charge on any atom is -0.369 e. The second-order valence-corrected chi connectivity index (χ2v) is 9.74. The average molecular weight is 528 g/mol. The predicted molar refractivity (Wildman–Crippen MR) is 153 cm³/mol. The van der Waals surface area contributed by atoms with Crippen LogP contribution in [-0.4, -0.2) is 80.3 Å². The van der Waals surface area contributed by atoms with Gasteiger partial charge in [0.15, 0.2) is 11.5 Å². The SMILES string of the molecule is C=CCn1c(=O)c2cnc(Nc3ccc(N4CCN(C)CC4)cc3)nc2n1-c1cccc(CN(C)C(C)=O)n1. The van der Waals surface area contributed by atoms with Crippen LogP contribution in [0.3, 0.4) is 0 Å². The largest absolute Gasteiger partial charge is 0.369 e. The molecule has 0 bridgehead atoms. The van der Waals surface area contributed by atoms with Crippen molar-refractivity contribution < 1.29 is 4.79 Å². The molecule has 1 aliphatic rings. The number of pyridine rings is 1. The number of anilines is 3. The molecule has 1 fully saturated rings. The summed E-state index contributed by atoms with van der Waals surface area (Å²) in [5, 5.41) is 3.64. The molecule has 3 aromatic heterocycles. The maximum atomic E-state index is 13.2. The Balaban J connectivity index is 1.47. The third kappa shape index (κ3) is 5.53. The third-order valence-corrected chi connectivity index (χ3v) is 6.92. The minimum atomic E-state index is -0.235. The Morgan fingerprint density at radius 1 is 1.10 bits per heavy atom. The van der Waals surface area contributed by atoms with Gasteiger partial charge in [0, 0.05) is 57.7 Å². The summed E-state index contributed by atoms with van der Waals surface area (Å²) in [4.78, 5) is 45.1. The quantitative estimate of drug-likeness (QED) is 0.349. The van der Waals surface area contributed by atoms with E-state index in [1.165, 1.54) is 23.5 Å². The number of piperazine rings is 1. The maximum absolute atomic E-state index is 13.2. The van der Waals surface area contributed by atoms with Crippen LogP contribution in [0, 0.1) is 0 Å². The number of carbonyl (C=O) groups is 1. The lowest BCUT2D eigenvalue weighted by Gasteiger charge is -2.34. The third-order valence-electron chi connectivity index (χ3n) is 6.92. The molecule has 0 aliphatic carbocycles. The summed E-state index contributed by atoms with van der Waals surface area (Å²) >= 11 is 0. The molecule has 1 aromatic carbocycles. The number of benzene rings is 1. The fourth-order valence-electron chi connectivity index (χ4n) is 4.59. The molecule has 202 valence electrons. The first-order valence-electron chi connectivity index (χ1n) is 12.9. The van der Waals surface area contributed by atoms with Crippen molar-refractivity contribution in [1.82, 2.24) is 34.1 Å². The number of carbonyl (C=O) groups excluding carboxylic acids is 1. The number of aromatic nitrogens is 5. The van der Waals surface area contributed by atoms with E-state index in [0.717, 1.165) is 31.9 Å². The standard InChI is InChI=1S/C28H33N9O2/c1-5-13-36-27(39)24-18-29-28(31-21-9-11-23(12-10-21)35-16-14-33(3)15-17-35)32-26(24)37(36)25-8-6-7-22(30-25)19-34(4)20(2)38/h5-12,18H,1,13-17,19H2,2-4H3,(H,29,31,32). The second-order valence-electron chi connectivity index (χ2n) is 9.74. The van der Waals surface area contributed by atoms with Crippen LogP contribution >= 0.6 is 0 Å².